The number of hydrogen-bond acceptors (Lipinski definition) is 3. The Kier molecular flexibility index (Phi) is 4.51. The molecule has 4 heteroatoms. The Morgan fingerprint density at radius 1 is 1.22 bits per heavy atom. The molecule has 0 N–H and O–H groups in total. The van der Waals surface area contributed by atoms with E-state index in [2.05, 4.69) is 19.9 Å². The van der Waals surface area contributed by atoms with E-state index in [-0.39, 0.29) is 22.7 Å². The lowest BCUT2D eigenvalue weighted by atomic mass is 9.49. The molecular formula is C23H33NO3. The molecule has 5 atom stereocenters. The van der Waals surface area contributed by atoms with Gasteiger partial charge in [-0.05, 0) is 68.6 Å². The summed E-state index contributed by atoms with van der Waals surface area (Å²) in [7, 11) is 1.95. The molecule has 1 heterocycles. The van der Waals surface area contributed by atoms with Gasteiger partial charge in [0.05, 0.1) is 6.61 Å². The van der Waals surface area contributed by atoms with E-state index in [9.17, 15) is 9.59 Å². The Labute approximate surface area is 163 Å². The zero-order valence-electron chi connectivity index (χ0n) is 17.2. The molecule has 4 rings (SSSR count). The normalized spacial score (nSPS) is 42.3. The molecule has 3 aliphatic carbocycles. The summed E-state index contributed by atoms with van der Waals surface area (Å²) < 4.78 is 5.18. The fourth-order valence-electron chi connectivity index (χ4n) is 6.99. The zero-order valence-corrected chi connectivity index (χ0v) is 17.2. The minimum Gasteiger partial charge on any atom is -0.463 e. The Morgan fingerprint density at radius 2 is 1.96 bits per heavy atom. The topological polar surface area (TPSA) is 46.6 Å². The number of allylic oxidation sites excluding steroid dienone is 3. The highest BCUT2D eigenvalue weighted by atomic mass is 16.5. The molecule has 0 spiro atoms. The molecular weight excluding hydrogens is 338 g/mol. The van der Waals surface area contributed by atoms with Crippen LogP contribution in [0.2, 0.25) is 0 Å². The summed E-state index contributed by atoms with van der Waals surface area (Å²) in [6, 6.07) is 0. The van der Waals surface area contributed by atoms with Crippen LogP contribution in [0.25, 0.3) is 0 Å². The quantitative estimate of drug-likeness (QED) is 0.532. The van der Waals surface area contributed by atoms with E-state index < -0.39 is 0 Å². The number of likely N-dealkylation sites (tertiary alicyclic amines) is 1. The summed E-state index contributed by atoms with van der Waals surface area (Å²) >= 11 is 0. The van der Waals surface area contributed by atoms with Gasteiger partial charge in [0.2, 0.25) is 5.91 Å². The molecule has 148 valence electrons. The second-order valence-corrected chi connectivity index (χ2v) is 9.49. The van der Waals surface area contributed by atoms with Gasteiger partial charge in [0.25, 0.3) is 0 Å². The second kappa shape index (κ2) is 6.49. The first-order valence-electron chi connectivity index (χ1n) is 10.7. The molecule has 3 fully saturated rings. The van der Waals surface area contributed by atoms with Crippen LogP contribution in [0.15, 0.2) is 23.4 Å². The Balaban J connectivity index is 1.64. The monoisotopic (exact) mass is 371 g/mol. The zero-order chi connectivity index (χ0) is 19.4. The van der Waals surface area contributed by atoms with Crippen molar-refractivity contribution in [2.75, 3.05) is 13.7 Å². The summed E-state index contributed by atoms with van der Waals surface area (Å²) in [4.78, 5) is 26.2. The average molecular weight is 372 g/mol. The summed E-state index contributed by atoms with van der Waals surface area (Å²) in [5.41, 5.74) is 2.83. The van der Waals surface area contributed by atoms with Crippen molar-refractivity contribution in [3.63, 3.8) is 0 Å². The van der Waals surface area contributed by atoms with Gasteiger partial charge < -0.3 is 9.64 Å². The number of piperidine rings is 1. The number of hydrogen-bond donors (Lipinski definition) is 0. The van der Waals surface area contributed by atoms with Gasteiger partial charge in [0, 0.05) is 30.7 Å². The number of ether oxygens (including phenoxy) is 1. The first-order chi connectivity index (χ1) is 12.8. The number of rotatable bonds is 2. The predicted molar refractivity (Wildman–Crippen MR) is 105 cm³/mol. The Bertz CT molecular complexity index is 723. The van der Waals surface area contributed by atoms with Crippen molar-refractivity contribution in [3.8, 4) is 0 Å². The molecule has 27 heavy (non-hydrogen) atoms. The third kappa shape index (κ3) is 2.70. The first-order valence-corrected chi connectivity index (χ1v) is 10.7. The molecule has 1 amide bonds. The molecule has 0 radical (unpaired) electrons. The van der Waals surface area contributed by atoms with E-state index in [1.807, 2.05) is 18.9 Å². The highest BCUT2D eigenvalue weighted by Gasteiger charge is 2.58. The lowest BCUT2D eigenvalue weighted by Gasteiger charge is -2.57. The molecule has 0 bridgehead atoms. The highest BCUT2D eigenvalue weighted by molar-refractivity contribution is 5.83. The van der Waals surface area contributed by atoms with Crippen molar-refractivity contribution >= 4 is 11.9 Å². The number of nitrogens with zero attached hydrogens (tertiary/aromatic N) is 1. The van der Waals surface area contributed by atoms with Crippen molar-refractivity contribution in [2.45, 2.75) is 65.7 Å². The van der Waals surface area contributed by atoms with Gasteiger partial charge in [-0.15, -0.1) is 0 Å². The first kappa shape index (κ1) is 18.8. The molecule has 5 unspecified atom stereocenters. The van der Waals surface area contributed by atoms with E-state index in [0.717, 1.165) is 25.7 Å². The van der Waals surface area contributed by atoms with Gasteiger partial charge in [0.15, 0.2) is 0 Å². The molecule has 0 aromatic rings. The summed E-state index contributed by atoms with van der Waals surface area (Å²) in [6.45, 7) is 7.07. The van der Waals surface area contributed by atoms with Crippen LogP contribution in [0.1, 0.15) is 65.7 Å². The van der Waals surface area contributed by atoms with E-state index in [0.29, 0.717) is 30.8 Å². The third-order valence-electron chi connectivity index (χ3n) is 8.44. The van der Waals surface area contributed by atoms with Crippen LogP contribution in [-0.4, -0.2) is 30.4 Å². The fourth-order valence-corrected chi connectivity index (χ4v) is 6.99. The van der Waals surface area contributed by atoms with Crippen LogP contribution < -0.4 is 0 Å². The van der Waals surface area contributed by atoms with Crippen LogP contribution in [0.4, 0.5) is 0 Å². The summed E-state index contributed by atoms with van der Waals surface area (Å²) in [5, 5.41) is 0. The average Bonchev–Trinajstić information content (AvgIpc) is 2.95. The molecule has 1 aliphatic heterocycles. The van der Waals surface area contributed by atoms with E-state index >= 15 is 0 Å². The maximum Gasteiger partial charge on any atom is 0.330 e. The van der Waals surface area contributed by atoms with Gasteiger partial charge in [-0.2, -0.15) is 0 Å². The standard InChI is InChI=1S/C23H33NO3/c1-5-27-21(26)14-15-6-8-17-16-7-9-19-23(3,13-11-20(25)24(19)4)18(16)10-12-22(15,17)2/h9,14,16-18H,5-8,10-13H2,1-4H3/b15-14-. The van der Waals surface area contributed by atoms with Crippen molar-refractivity contribution in [3.05, 3.63) is 23.4 Å². The van der Waals surface area contributed by atoms with E-state index in [1.54, 1.807) is 6.08 Å². The number of amides is 1. The van der Waals surface area contributed by atoms with Crippen molar-refractivity contribution in [1.29, 1.82) is 0 Å². The molecule has 4 aliphatic rings. The lowest BCUT2D eigenvalue weighted by Crippen LogP contribution is -2.53. The van der Waals surface area contributed by atoms with Crippen molar-refractivity contribution < 1.29 is 14.3 Å². The number of fused-ring (bicyclic) bond motifs is 5. The molecule has 0 aromatic heterocycles. The van der Waals surface area contributed by atoms with Crippen LogP contribution in [-0.2, 0) is 14.3 Å². The molecule has 4 nitrogen and oxygen atoms in total. The minimum absolute atomic E-state index is 0.126. The number of carbonyl (C=O) groups excluding carboxylic acids is 2. The van der Waals surface area contributed by atoms with E-state index in [4.69, 9.17) is 4.74 Å². The summed E-state index contributed by atoms with van der Waals surface area (Å²) in [5.74, 6) is 2.02. The van der Waals surface area contributed by atoms with Gasteiger partial charge in [-0.3, -0.25) is 4.79 Å². The SMILES string of the molecule is CCOC(=O)/C=C1/CCC2C3CC=C4N(C)C(=O)CCC4(C)C3CCC12C. The van der Waals surface area contributed by atoms with Gasteiger partial charge in [0.1, 0.15) is 0 Å². The number of carbonyl (C=O) groups is 2. The van der Waals surface area contributed by atoms with Crippen LogP contribution in [0, 0.1) is 28.6 Å². The minimum atomic E-state index is -0.179. The Hall–Kier alpha value is -1.58. The highest BCUT2D eigenvalue weighted by Crippen LogP contribution is 2.65. The smallest absolute Gasteiger partial charge is 0.330 e. The van der Waals surface area contributed by atoms with Crippen molar-refractivity contribution in [2.24, 2.45) is 28.6 Å². The third-order valence-corrected chi connectivity index (χ3v) is 8.44. The van der Waals surface area contributed by atoms with Crippen LogP contribution >= 0.6 is 0 Å². The number of esters is 1. The second-order valence-electron chi connectivity index (χ2n) is 9.49. The molecule has 0 aromatic carbocycles. The lowest BCUT2D eigenvalue weighted by molar-refractivity contribution is -0.137. The van der Waals surface area contributed by atoms with Gasteiger partial charge >= 0.3 is 5.97 Å². The largest absolute Gasteiger partial charge is 0.463 e. The van der Waals surface area contributed by atoms with Gasteiger partial charge in [-0.1, -0.05) is 25.5 Å². The maximum absolute atomic E-state index is 12.2. The van der Waals surface area contributed by atoms with E-state index in [1.165, 1.54) is 24.1 Å². The van der Waals surface area contributed by atoms with Gasteiger partial charge in [-0.25, -0.2) is 4.79 Å². The molecule has 2 saturated carbocycles. The fraction of sp³-hybridized carbons (Fsp3) is 0.739. The van der Waals surface area contributed by atoms with Crippen LogP contribution in [0.3, 0.4) is 0 Å². The maximum atomic E-state index is 12.2. The van der Waals surface area contributed by atoms with Crippen LogP contribution in [0.5, 0.6) is 0 Å². The molecule has 1 saturated heterocycles. The van der Waals surface area contributed by atoms with Crippen molar-refractivity contribution in [1.82, 2.24) is 4.90 Å². The predicted octanol–water partition coefficient (Wildman–Crippen LogP) is 4.46. The summed E-state index contributed by atoms with van der Waals surface area (Å²) in [6.07, 6.45) is 11.4. The Morgan fingerprint density at radius 3 is 2.70 bits per heavy atom.